The molecule has 0 radical (unpaired) electrons. The molecule has 0 amide bonds. The molecule has 0 atom stereocenters. The van der Waals surface area contributed by atoms with Gasteiger partial charge in [-0.15, -0.1) is 0 Å². The fraction of sp³-hybridized carbons (Fsp3) is 0.571. The Labute approximate surface area is 108 Å². The molecule has 0 spiro atoms. The number of aromatic nitrogens is 1. The van der Waals surface area contributed by atoms with Crippen LogP contribution in [0.2, 0.25) is 5.15 Å². The molecule has 0 N–H and O–H groups in total. The van der Waals surface area contributed by atoms with Crippen molar-refractivity contribution in [2.75, 3.05) is 0 Å². The van der Waals surface area contributed by atoms with Crippen molar-refractivity contribution in [1.29, 1.82) is 0 Å². The van der Waals surface area contributed by atoms with Crippen LogP contribution < -0.4 is 0 Å². The summed E-state index contributed by atoms with van der Waals surface area (Å²) in [5.41, 5.74) is 2.07. The fourth-order valence-corrected chi connectivity index (χ4v) is 2.64. The van der Waals surface area contributed by atoms with E-state index in [0.717, 1.165) is 18.5 Å². The summed E-state index contributed by atoms with van der Waals surface area (Å²) in [6, 6.07) is 3.97. The molecule has 2 heterocycles. The molecule has 0 unspecified atom stereocenters. The predicted molar refractivity (Wildman–Crippen MR) is 73.0 cm³/mol. The zero-order valence-corrected chi connectivity index (χ0v) is 11.7. The van der Waals surface area contributed by atoms with Gasteiger partial charge in [0.1, 0.15) is 10.7 Å². The monoisotopic (exact) mass is 250 g/mol. The van der Waals surface area contributed by atoms with Gasteiger partial charge in [0.15, 0.2) is 0 Å². The van der Waals surface area contributed by atoms with Crippen LogP contribution in [-0.4, -0.2) is 11.2 Å². The van der Waals surface area contributed by atoms with Gasteiger partial charge >= 0.3 is 0 Å². The minimum absolute atomic E-state index is 0.0548. The lowest BCUT2D eigenvalue weighted by Gasteiger charge is -2.38. The molecule has 1 aromatic rings. The minimum Gasteiger partial charge on any atom is -0.284 e. The quantitative estimate of drug-likeness (QED) is 0.725. The van der Waals surface area contributed by atoms with Crippen LogP contribution in [-0.2, 0) is 11.0 Å². The Morgan fingerprint density at radius 3 is 2.41 bits per heavy atom. The number of rotatable bonds is 2. The SMILES string of the molecule is CCC1(CC)N=CC(C)(C)c2ccc(Cl)nc21. The molecule has 17 heavy (non-hydrogen) atoms. The van der Waals surface area contributed by atoms with Crippen molar-refractivity contribution >= 4 is 17.8 Å². The predicted octanol–water partition coefficient (Wildman–Crippen LogP) is 4.11. The van der Waals surface area contributed by atoms with E-state index in [-0.39, 0.29) is 11.0 Å². The van der Waals surface area contributed by atoms with Crippen molar-refractivity contribution in [3.05, 3.63) is 28.5 Å². The minimum atomic E-state index is -0.185. The summed E-state index contributed by atoms with van der Waals surface area (Å²) >= 11 is 6.05. The molecule has 0 fully saturated rings. The van der Waals surface area contributed by atoms with Gasteiger partial charge in [0.25, 0.3) is 0 Å². The second-order valence-electron chi connectivity index (χ2n) is 5.25. The van der Waals surface area contributed by atoms with Crippen molar-refractivity contribution in [3.8, 4) is 0 Å². The van der Waals surface area contributed by atoms with Gasteiger partial charge in [-0.1, -0.05) is 45.4 Å². The van der Waals surface area contributed by atoms with Gasteiger partial charge in [0.05, 0.1) is 5.69 Å². The number of aliphatic imine (C=N–C) groups is 1. The average Bonchev–Trinajstić information content (AvgIpc) is 2.30. The normalized spacial score (nSPS) is 20.1. The van der Waals surface area contributed by atoms with Crippen molar-refractivity contribution in [1.82, 2.24) is 4.98 Å². The van der Waals surface area contributed by atoms with Crippen molar-refractivity contribution in [2.45, 2.75) is 51.5 Å². The molecular formula is C14H19ClN2. The van der Waals surface area contributed by atoms with E-state index in [1.165, 1.54) is 5.56 Å². The molecule has 2 nitrogen and oxygen atoms in total. The first kappa shape index (κ1) is 12.6. The second kappa shape index (κ2) is 4.09. The summed E-state index contributed by atoms with van der Waals surface area (Å²) in [4.78, 5) is 9.34. The van der Waals surface area contributed by atoms with Crippen LogP contribution in [0.3, 0.4) is 0 Å². The van der Waals surface area contributed by atoms with Gasteiger partial charge in [-0.2, -0.15) is 0 Å². The van der Waals surface area contributed by atoms with Gasteiger partial charge < -0.3 is 0 Å². The van der Waals surface area contributed by atoms with Gasteiger partial charge in [-0.3, -0.25) is 4.99 Å². The van der Waals surface area contributed by atoms with E-state index in [1.807, 2.05) is 6.07 Å². The standard InChI is InChI=1S/C14H19ClN2/c1-5-14(6-2)12-10(7-8-11(15)17-12)13(3,4)9-16-14/h7-9H,5-6H2,1-4H3. The molecule has 3 heteroatoms. The highest BCUT2D eigenvalue weighted by Gasteiger charge is 2.39. The van der Waals surface area contributed by atoms with Crippen LogP contribution in [0.4, 0.5) is 0 Å². The highest BCUT2D eigenvalue weighted by Crippen LogP contribution is 2.42. The maximum atomic E-state index is 6.05. The smallest absolute Gasteiger partial charge is 0.129 e. The zero-order chi connectivity index (χ0) is 12.7. The van der Waals surface area contributed by atoms with Gasteiger partial charge in [-0.25, -0.2) is 4.98 Å². The van der Waals surface area contributed by atoms with E-state index in [2.05, 4.69) is 45.0 Å². The molecule has 1 aromatic heterocycles. The van der Waals surface area contributed by atoms with E-state index in [1.54, 1.807) is 0 Å². The first-order valence-corrected chi connectivity index (χ1v) is 6.57. The van der Waals surface area contributed by atoms with Crippen molar-refractivity contribution in [2.24, 2.45) is 4.99 Å². The van der Waals surface area contributed by atoms with Crippen LogP contribution >= 0.6 is 11.6 Å². The first-order valence-electron chi connectivity index (χ1n) is 6.19. The summed E-state index contributed by atoms with van der Waals surface area (Å²) < 4.78 is 0. The Balaban J connectivity index is 2.70. The summed E-state index contributed by atoms with van der Waals surface area (Å²) in [5, 5.41) is 0.558. The number of pyridine rings is 1. The van der Waals surface area contributed by atoms with E-state index in [0.29, 0.717) is 5.15 Å². The molecule has 0 aromatic carbocycles. The Morgan fingerprint density at radius 1 is 1.18 bits per heavy atom. The van der Waals surface area contributed by atoms with E-state index in [4.69, 9.17) is 16.6 Å². The summed E-state index contributed by atoms with van der Waals surface area (Å²) in [7, 11) is 0. The van der Waals surface area contributed by atoms with Crippen molar-refractivity contribution < 1.29 is 0 Å². The molecule has 0 aliphatic carbocycles. The van der Waals surface area contributed by atoms with E-state index >= 15 is 0 Å². The number of hydrogen-bond donors (Lipinski definition) is 0. The molecule has 0 saturated carbocycles. The Morgan fingerprint density at radius 2 is 1.82 bits per heavy atom. The lowest BCUT2D eigenvalue weighted by Crippen LogP contribution is -2.36. The highest BCUT2D eigenvalue weighted by atomic mass is 35.5. The molecule has 0 saturated heterocycles. The zero-order valence-electron chi connectivity index (χ0n) is 10.9. The topological polar surface area (TPSA) is 25.2 Å². The molecule has 1 aliphatic heterocycles. The van der Waals surface area contributed by atoms with Crippen LogP contribution in [0.15, 0.2) is 17.1 Å². The van der Waals surface area contributed by atoms with Crippen LogP contribution in [0, 0.1) is 0 Å². The van der Waals surface area contributed by atoms with Crippen LogP contribution in [0.25, 0.3) is 0 Å². The summed E-state index contributed by atoms with van der Waals surface area (Å²) in [6.07, 6.45) is 3.98. The number of halogens is 1. The third-order valence-corrected chi connectivity index (χ3v) is 4.01. The Hall–Kier alpha value is -0.890. The molecule has 1 aliphatic rings. The van der Waals surface area contributed by atoms with Gasteiger partial charge in [0.2, 0.25) is 0 Å². The van der Waals surface area contributed by atoms with Crippen LogP contribution in [0.1, 0.15) is 51.8 Å². The van der Waals surface area contributed by atoms with Crippen molar-refractivity contribution in [3.63, 3.8) is 0 Å². The molecular weight excluding hydrogens is 232 g/mol. The van der Waals surface area contributed by atoms with Gasteiger partial charge in [0, 0.05) is 11.6 Å². The lowest BCUT2D eigenvalue weighted by molar-refractivity contribution is 0.384. The lowest BCUT2D eigenvalue weighted by atomic mass is 9.74. The number of fused-ring (bicyclic) bond motifs is 1. The number of hydrogen-bond acceptors (Lipinski definition) is 2. The first-order chi connectivity index (χ1) is 7.95. The summed E-state index contributed by atoms with van der Waals surface area (Å²) in [5.74, 6) is 0. The van der Waals surface area contributed by atoms with E-state index in [9.17, 15) is 0 Å². The van der Waals surface area contributed by atoms with E-state index < -0.39 is 0 Å². The molecule has 92 valence electrons. The Kier molecular flexibility index (Phi) is 3.03. The maximum Gasteiger partial charge on any atom is 0.129 e. The second-order valence-corrected chi connectivity index (χ2v) is 5.64. The fourth-order valence-electron chi connectivity index (χ4n) is 2.49. The third-order valence-electron chi connectivity index (χ3n) is 3.80. The Bertz CT molecular complexity index is 459. The number of nitrogens with zero attached hydrogens (tertiary/aromatic N) is 2. The van der Waals surface area contributed by atoms with Crippen LogP contribution in [0.5, 0.6) is 0 Å². The average molecular weight is 251 g/mol. The molecule has 2 rings (SSSR count). The highest BCUT2D eigenvalue weighted by molar-refractivity contribution is 6.29. The maximum absolute atomic E-state index is 6.05. The van der Waals surface area contributed by atoms with Gasteiger partial charge in [-0.05, 0) is 24.5 Å². The largest absolute Gasteiger partial charge is 0.284 e. The third kappa shape index (κ3) is 1.89. The molecule has 0 bridgehead atoms. The summed E-state index contributed by atoms with van der Waals surface area (Å²) in [6.45, 7) is 8.65.